The molecule has 1 N–H and O–H groups in total. The van der Waals surface area contributed by atoms with Gasteiger partial charge >= 0.3 is 0 Å². The third kappa shape index (κ3) is 4.21. The average molecular weight is 241 g/mol. The maximum Gasteiger partial charge on any atom is 0.0506 e. The molecule has 2 aliphatic rings. The molecule has 2 saturated heterocycles. The highest BCUT2D eigenvalue weighted by Crippen LogP contribution is 2.12. The summed E-state index contributed by atoms with van der Waals surface area (Å²) >= 11 is 0. The van der Waals surface area contributed by atoms with Crippen LogP contribution >= 0.6 is 0 Å². The molecule has 4 heteroatoms. The highest BCUT2D eigenvalue weighted by atomic mass is 16.5. The van der Waals surface area contributed by atoms with E-state index in [1.54, 1.807) is 0 Å². The van der Waals surface area contributed by atoms with Gasteiger partial charge in [0, 0.05) is 45.4 Å². The molecule has 100 valence electrons. The summed E-state index contributed by atoms with van der Waals surface area (Å²) < 4.78 is 5.50. The van der Waals surface area contributed by atoms with E-state index in [0.717, 1.165) is 32.2 Å². The van der Waals surface area contributed by atoms with Crippen LogP contribution in [0.5, 0.6) is 0 Å². The fourth-order valence-corrected chi connectivity index (χ4v) is 2.74. The van der Waals surface area contributed by atoms with Gasteiger partial charge in [0.2, 0.25) is 0 Å². The van der Waals surface area contributed by atoms with Crippen molar-refractivity contribution < 1.29 is 4.74 Å². The van der Waals surface area contributed by atoms with Gasteiger partial charge in [0.15, 0.2) is 0 Å². The van der Waals surface area contributed by atoms with Crippen molar-refractivity contribution in [3.63, 3.8) is 0 Å². The van der Waals surface area contributed by atoms with E-state index in [2.05, 4.69) is 29.2 Å². The minimum absolute atomic E-state index is 0.665. The summed E-state index contributed by atoms with van der Waals surface area (Å²) in [5, 5.41) is 3.63. The number of nitrogens with one attached hydrogen (secondary N) is 1. The zero-order valence-corrected chi connectivity index (χ0v) is 11.3. The second-order valence-electron chi connectivity index (χ2n) is 5.64. The molecule has 0 aromatic carbocycles. The van der Waals surface area contributed by atoms with Crippen molar-refractivity contribution in [2.45, 2.75) is 18.9 Å². The van der Waals surface area contributed by atoms with Crippen molar-refractivity contribution in [1.82, 2.24) is 15.1 Å². The first-order valence-electron chi connectivity index (χ1n) is 6.93. The summed E-state index contributed by atoms with van der Waals surface area (Å²) in [5.41, 5.74) is 0. The van der Waals surface area contributed by atoms with Crippen LogP contribution in [-0.4, -0.2) is 75.9 Å². The molecule has 0 radical (unpaired) electrons. The van der Waals surface area contributed by atoms with Crippen LogP contribution in [0.25, 0.3) is 0 Å². The van der Waals surface area contributed by atoms with Crippen molar-refractivity contribution >= 4 is 0 Å². The average Bonchev–Trinajstić information content (AvgIpc) is 2.35. The Bertz CT molecular complexity index is 219. The lowest BCUT2D eigenvalue weighted by Gasteiger charge is -2.38. The molecule has 0 aromatic heterocycles. The molecule has 4 nitrogen and oxygen atoms in total. The zero-order chi connectivity index (χ0) is 12.1. The predicted octanol–water partition coefficient (Wildman–Crippen LogP) is 0.248. The molecule has 0 aliphatic carbocycles. The van der Waals surface area contributed by atoms with E-state index in [9.17, 15) is 0 Å². The number of hydrogen-bond acceptors (Lipinski definition) is 4. The Morgan fingerprint density at radius 3 is 2.88 bits per heavy atom. The van der Waals surface area contributed by atoms with Gasteiger partial charge in [-0.05, 0) is 32.9 Å². The zero-order valence-electron chi connectivity index (χ0n) is 11.3. The molecule has 2 aliphatic heterocycles. The largest absolute Gasteiger partial charge is 0.381 e. The van der Waals surface area contributed by atoms with Gasteiger partial charge in [-0.15, -0.1) is 0 Å². The Morgan fingerprint density at radius 2 is 2.12 bits per heavy atom. The Balaban J connectivity index is 1.63. The third-order valence-electron chi connectivity index (χ3n) is 4.05. The second-order valence-corrected chi connectivity index (χ2v) is 5.64. The molecule has 2 atom stereocenters. The number of rotatable bonds is 4. The van der Waals surface area contributed by atoms with Gasteiger partial charge in [0.05, 0.1) is 6.61 Å². The first kappa shape index (κ1) is 13.3. The van der Waals surface area contributed by atoms with Gasteiger partial charge in [-0.2, -0.15) is 0 Å². The minimum atomic E-state index is 0.665. The highest BCUT2D eigenvalue weighted by molar-refractivity contribution is 4.80. The normalized spacial score (nSPS) is 32.8. The molecule has 2 fully saturated rings. The third-order valence-corrected chi connectivity index (χ3v) is 4.05. The Morgan fingerprint density at radius 1 is 1.24 bits per heavy atom. The van der Waals surface area contributed by atoms with Crippen LogP contribution in [0.2, 0.25) is 0 Å². The van der Waals surface area contributed by atoms with E-state index in [4.69, 9.17) is 4.74 Å². The first-order chi connectivity index (χ1) is 8.25. The molecule has 0 saturated carbocycles. The standard InChI is InChI=1S/C13H27N3O/c1-15-5-6-16(2)13(10-15)9-14-8-12-4-3-7-17-11-12/h12-14H,3-11H2,1-2H3. The molecule has 0 amide bonds. The summed E-state index contributed by atoms with van der Waals surface area (Å²) in [6, 6.07) is 0.665. The van der Waals surface area contributed by atoms with Gasteiger partial charge in [-0.1, -0.05) is 0 Å². The lowest BCUT2D eigenvalue weighted by molar-refractivity contribution is 0.0527. The smallest absolute Gasteiger partial charge is 0.0506 e. The topological polar surface area (TPSA) is 27.7 Å². The minimum Gasteiger partial charge on any atom is -0.381 e. The number of piperazine rings is 1. The molecule has 2 rings (SSSR count). The van der Waals surface area contributed by atoms with Crippen LogP contribution in [0.4, 0.5) is 0 Å². The maximum atomic E-state index is 5.50. The van der Waals surface area contributed by atoms with Gasteiger partial charge in [-0.3, -0.25) is 4.90 Å². The van der Waals surface area contributed by atoms with E-state index in [1.807, 2.05) is 0 Å². The lowest BCUT2D eigenvalue weighted by Crippen LogP contribution is -2.54. The van der Waals surface area contributed by atoms with Crippen molar-refractivity contribution in [2.75, 3.05) is 60.0 Å². The summed E-state index contributed by atoms with van der Waals surface area (Å²) in [7, 11) is 4.46. The quantitative estimate of drug-likeness (QED) is 0.763. The van der Waals surface area contributed by atoms with E-state index in [1.165, 1.54) is 32.5 Å². The van der Waals surface area contributed by atoms with Crippen LogP contribution in [0.15, 0.2) is 0 Å². The van der Waals surface area contributed by atoms with Crippen LogP contribution in [0.1, 0.15) is 12.8 Å². The van der Waals surface area contributed by atoms with Gasteiger partial charge in [-0.25, -0.2) is 0 Å². The Kier molecular flexibility index (Phi) is 5.22. The van der Waals surface area contributed by atoms with Crippen molar-refractivity contribution in [3.8, 4) is 0 Å². The van der Waals surface area contributed by atoms with Crippen LogP contribution in [0, 0.1) is 5.92 Å². The molecule has 0 spiro atoms. The Labute approximate surface area is 105 Å². The van der Waals surface area contributed by atoms with E-state index < -0.39 is 0 Å². The molecular weight excluding hydrogens is 214 g/mol. The summed E-state index contributed by atoms with van der Waals surface area (Å²) in [6.07, 6.45) is 2.56. The molecular formula is C13H27N3O. The van der Waals surface area contributed by atoms with Gasteiger partial charge in [0.1, 0.15) is 0 Å². The van der Waals surface area contributed by atoms with E-state index >= 15 is 0 Å². The SMILES string of the molecule is CN1CCN(C)C(CNCC2CCCOC2)C1. The molecule has 0 aromatic rings. The number of hydrogen-bond donors (Lipinski definition) is 1. The Hall–Kier alpha value is -0.160. The van der Waals surface area contributed by atoms with Gasteiger partial charge in [0.25, 0.3) is 0 Å². The van der Waals surface area contributed by atoms with Crippen molar-refractivity contribution in [2.24, 2.45) is 5.92 Å². The van der Waals surface area contributed by atoms with E-state index in [-0.39, 0.29) is 0 Å². The van der Waals surface area contributed by atoms with Crippen LogP contribution in [0.3, 0.4) is 0 Å². The predicted molar refractivity (Wildman–Crippen MR) is 70.3 cm³/mol. The molecule has 2 unspecified atom stereocenters. The van der Waals surface area contributed by atoms with Crippen molar-refractivity contribution in [1.29, 1.82) is 0 Å². The number of likely N-dealkylation sites (N-methyl/N-ethyl adjacent to an activating group) is 2. The highest BCUT2D eigenvalue weighted by Gasteiger charge is 2.22. The fourth-order valence-electron chi connectivity index (χ4n) is 2.74. The molecule has 2 heterocycles. The van der Waals surface area contributed by atoms with Gasteiger partial charge < -0.3 is 15.0 Å². The fraction of sp³-hybridized carbons (Fsp3) is 1.00. The number of nitrogens with zero attached hydrogens (tertiary/aromatic N) is 2. The van der Waals surface area contributed by atoms with Crippen LogP contribution in [-0.2, 0) is 4.74 Å². The second kappa shape index (κ2) is 6.69. The molecule has 0 bridgehead atoms. The van der Waals surface area contributed by atoms with Crippen molar-refractivity contribution in [3.05, 3.63) is 0 Å². The first-order valence-corrected chi connectivity index (χ1v) is 6.93. The summed E-state index contributed by atoms with van der Waals surface area (Å²) in [6.45, 7) is 7.72. The van der Waals surface area contributed by atoms with E-state index in [0.29, 0.717) is 6.04 Å². The monoisotopic (exact) mass is 241 g/mol. The maximum absolute atomic E-state index is 5.50. The number of ether oxygens (including phenoxy) is 1. The summed E-state index contributed by atoms with van der Waals surface area (Å²) in [4.78, 5) is 4.90. The summed E-state index contributed by atoms with van der Waals surface area (Å²) in [5.74, 6) is 0.732. The molecule has 17 heavy (non-hydrogen) atoms. The lowest BCUT2D eigenvalue weighted by atomic mass is 10.0. The van der Waals surface area contributed by atoms with Crippen LogP contribution < -0.4 is 5.32 Å².